The lowest BCUT2D eigenvalue weighted by Gasteiger charge is -2.12. The molecule has 1 atom stereocenters. The summed E-state index contributed by atoms with van der Waals surface area (Å²) in [6.07, 6.45) is 3.38. The molecule has 2 rings (SSSR count). The molecule has 0 unspecified atom stereocenters. The molecule has 0 saturated carbocycles. The first kappa shape index (κ1) is 12.8. The third kappa shape index (κ3) is 2.04. The van der Waals surface area contributed by atoms with Crippen LogP contribution in [0.1, 0.15) is 33.9 Å². The van der Waals surface area contributed by atoms with E-state index in [1.165, 1.54) is 18.4 Å². The van der Waals surface area contributed by atoms with E-state index in [0.29, 0.717) is 4.88 Å². The minimum atomic E-state index is -0.340. The minimum Gasteiger partial charge on any atom is -0.465 e. The number of esters is 1. The highest BCUT2D eigenvalue weighted by molar-refractivity contribution is 7.12. The Hall–Kier alpha value is -1.66. The zero-order valence-electron chi connectivity index (χ0n) is 10.5. The number of ether oxygens (including phenoxy) is 1. The maximum Gasteiger partial charge on any atom is 0.350 e. The van der Waals surface area contributed by atoms with Crippen molar-refractivity contribution in [2.75, 3.05) is 7.11 Å². The van der Waals surface area contributed by atoms with Crippen LogP contribution in [0.4, 0.5) is 0 Å². The summed E-state index contributed by atoms with van der Waals surface area (Å²) in [4.78, 5) is 16.4. The Morgan fingerprint density at radius 3 is 2.94 bits per heavy atom. The zero-order chi connectivity index (χ0) is 13.3. The van der Waals surface area contributed by atoms with Crippen LogP contribution >= 0.6 is 11.3 Å². The third-order valence-corrected chi connectivity index (χ3v) is 3.75. The fraction of sp³-hybridized carbons (Fsp3) is 0.333. The van der Waals surface area contributed by atoms with E-state index in [4.69, 9.17) is 10.5 Å². The molecule has 2 aromatic rings. The molecule has 2 heterocycles. The highest BCUT2D eigenvalue weighted by atomic mass is 32.1. The molecule has 0 radical (unpaired) electrons. The van der Waals surface area contributed by atoms with Crippen LogP contribution < -0.4 is 5.73 Å². The van der Waals surface area contributed by atoms with Crippen molar-refractivity contribution >= 4 is 17.3 Å². The van der Waals surface area contributed by atoms with E-state index >= 15 is 0 Å². The van der Waals surface area contributed by atoms with Crippen molar-refractivity contribution in [3.8, 4) is 5.69 Å². The Morgan fingerprint density at radius 2 is 2.33 bits per heavy atom. The summed E-state index contributed by atoms with van der Waals surface area (Å²) in [7, 11) is 1.38. The standard InChI is InChI=1S/C12H15N3O2S/c1-7-5-18-11(12(16)17-3)10(7)15-6-14-4-9(15)8(2)13/h4-6,8H,13H2,1-3H3/t8-/m1/s1. The molecule has 0 saturated heterocycles. The highest BCUT2D eigenvalue weighted by Gasteiger charge is 2.20. The second-order valence-electron chi connectivity index (χ2n) is 4.07. The van der Waals surface area contributed by atoms with Crippen LogP contribution in [0.25, 0.3) is 5.69 Å². The number of nitrogens with two attached hydrogens (primary N) is 1. The predicted octanol–water partition coefficient (Wildman–Crippen LogP) is 2.05. The van der Waals surface area contributed by atoms with Crippen molar-refractivity contribution in [1.29, 1.82) is 0 Å². The van der Waals surface area contributed by atoms with Crippen LogP contribution in [0.5, 0.6) is 0 Å². The van der Waals surface area contributed by atoms with Crippen LogP contribution in [0.2, 0.25) is 0 Å². The fourth-order valence-corrected chi connectivity index (χ4v) is 2.76. The van der Waals surface area contributed by atoms with Crippen LogP contribution in [0.3, 0.4) is 0 Å². The van der Waals surface area contributed by atoms with Crippen molar-refractivity contribution < 1.29 is 9.53 Å². The van der Waals surface area contributed by atoms with Crippen molar-refractivity contribution in [3.05, 3.63) is 34.0 Å². The molecule has 6 heteroatoms. The van der Waals surface area contributed by atoms with Gasteiger partial charge in [0.1, 0.15) is 4.88 Å². The van der Waals surface area contributed by atoms with Crippen LogP contribution in [0.15, 0.2) is 17.9 Å². The molecule has 0 fully saturated rings. The van der Waals surface area contributed by atoms with E-state index in [1.54, 1.807) is 12.5 Å². The first-order chi connectivity index (χ1) is 8.56. The van der Waals surface area contributed by atoms with Crippen molar-refractivity contribution in [2.24, 2.45) is 5.73 Å². The molecule has 0 spiro atoms. The van der Waals surface area contributed by atoms with E-state index in [2.05, 4.69) is 4.98 Å². The number of rotatable bonds is 3. The van der Waals surface area contributed by atoms with Gasteiger partial charge >= 0.3 is 5.97 Å². The topological polar surface area (TPSA) is 70.1 Å². The number of carbonyl (C=O) groups excluding carboxylic acids is 1. The number of carbonyl (C=O) groups is 1. The largest absolute Gasteiger partial charge is 0.465 e. The molecule has 2 N–H and O–H groups in total. The van der Waals surface area contributed by atoms with Gasteiger partial charge in [-0.1, -0.05) is 0 Å². The van der Waals surface area contributed by atoms with Gasteiger partial charge < -0.3 is 10.5 Å². The summed E-state index contributed by atoms with van der Waals surface area (Å²) in [6.45, 7) is 3.83. The lowest BCUT2D eigenvalue weighted by Crippen LogP contribution is -2.13. The summed E-state index contributed by atoms with van der Waals surface area (Å²) < 4.78 is 6.65. The van der Waals surface area contributed by atoms with Gasteiger partial charge in [-0.2, -0.15) is 0 Å². The Bertz CT molecular complexity index is 572. The van der Waals surface area contributed by atoms with Gasteiger partial charge in [0.25, 0.3) is 0 Å². The van der Waals surface area contributed by atoms with Crippen molar-refractivity contribution in [3.63, 3.8) is 0 Å². The van der Waals surface area contributed by atoms with Crippen LogP contribution in [0, 0.1) is 6.92 Å². The summed E-state index contributed by atoms with van der Waals surface area (Å²) >= 11 is 1.36. The quantitative estimate of drug-likeness (QED) is 0.862. The summed E-state index contributed by atoms with van der Waals surface area (Å²) in [6, 6.07) is -0.155. The summed E-state index contributed by atoms with van der Waals surface area (Å²) in [5.41, 5.74) is 8.57. The number of aromatic nitrogens is 2. The second-order valence-corrected chi connectivity index (χ2v) is 4.94. The second kappa shape index (κ2) is 4.91. The molecule has 2 aromatic heterocycles. The van der Waals surface area contributed by atoms with Gasteiger partial charge in [-0.25, -0.2) is 9.78 Å². The van der Waals surface area contributed by atoms with Crippen molar-refractivity contribution in [2.45, 2.75) is 19.9 Å². The lowest BCUT2D eigenvalue weighted by molar-refractivity contribution is 0.0606. The Balaban J connectivity index is 2.60. The highest BCUT2D eigenvalue weighted by Crippen LogP contribution is 2.29. The average Bonchev–Trinajstić information content (AvgIpc) is 2.93. The summed E-state index contributed by atoms with van der Waals surface area (Å²) in [5.74, 6) is -0.340. The number of nitrogens with zero attached hydrogens (tertiary/aromatic N) is 2. The summed E-state index contributed by atoms with van der Waals surface area (Å²) in [5, 5.41) is 1.92. The molecule has 96 valence electrons. The molecule has 18 heavy (non-hydrogen) atoms. The van der Waals surface area contributed by atoms with Crippen molar-refractivity contribution in [1.82, 2.24) is 9.55 Å². The molecule has 0 aromatic carbocycles. The number of aryl methyl sites for hydroxylation is 1. The lowest BCUT2D eigenvalue weighted by atomic mass is 10.2. The molecule has 0 aliphatic rings. The molecule has 0 bridgehead atoms. The van der Waals surface area contributed by atoms with Crippen LogP contribution in [-0.2, 0) is 4.74 Å². The molecular weight excluding hydrogens is 250 g/mol. The van der Waals surface area contributed by atoms with Gasteiger partial charge in [-0.15, -0.1) is 11.3 Å². The Kier molecular flexibility index (Phi) is 3.49. The van der Waals surface area contributed by atoms with Gasteiger partial charge in [0, 0.05) is 6.04 Å². The van der Waals surface area contributed by atoms with Gasteiger partial charge in [0.15, 0.2) is 0 Å². The molecule has 0 aliphatic heterocycles. The maximum atomic E-state index is 11.7. The van der Waals surface area contributed by atoms with E-state index in [0.717, 1.165) is 16.9 Å². The number of imidazole rings is 1. The average molecular weight is 265 g/mol. The van der Waals surface area contributed by atoms with Gasteiger partial charge in [0.2, 0.25) is 0 Å². The molecule has 5 nitrogen and oxygen atoms in total. The number of methoxy groups -OCH3 is 1. The van der Waals surface area contributed by atoms with E-state index in [-0.39, 0.29) is 12.0 Å². The third-order valence-electron chi connectivity index (χ3n) is 2.69. The Morgan fingerprint density at radius 1 is 1.61 bits per heavy atom. The number of thiophene rings is 1. The Labute approximate surface area is 109 Å². The first-order valence-corrected chi connectivity index (χ1v) is 6.38. The zero-order valence-corrected chi connectivity index (χ0v) is 11.3. The van der Waals surface area contributed by atoms with Crippen LogP contribution in [-0.4, -0.2) is 22.6 Å². The molecule has 0 amide bonds. The monoisotopic (exact) mass is 265 g/mol. The number of hydrogen-bond acceptors (Lipinski definition) is 5. The SMILES string of the molecule is COC(=O)c1scc(C)c1-n1cncc1[C@@H](C)N. The van der Waals surface area contributed by atoms with E-state index < -0.39 is 0 Å². The molecule has 0 aliphatic carbocycles. The van der Waals surface area contributed by atoms with Gasteiger partial charge in [0.05, 0.1) is 31.0 Å². The molecular formula is C12H15N3O2S. The fourth-order valence-electron chi connectivity index (χ4n) is 1.80. The first-order valence-electron chi connectivity index (χ1n) is 5.50. The van der Waals surface area contributed by atoms with E-state index in [9.17, 15) is 4.79 Å². The van der Waals surface area contributed by atoms with Gasteiger partial charge in [-0.3, -0.25) is 4.57 Å². The predicted molar refractivity (Wildman–Crippen MR) is 70.1 cm³/mol. The minimum absolute atomic E-state index is 0.155. The maximum absolute atomic E-state index is 11.7. The number of hydrogen-bond donors (Lipinski definition) is 1. The van der Waals surface area contributed by atoms with E-state index in [1.807, 2.05) is 23.8 Å². The van der Waals surface area contributed by atoms with Gasteiger partial charge in [-0.05, 0) is 24.8 Å². The normalized spacial score (nSPS) is 12.4. The smallest absolute Gasteiger partial charge is 0.350 e.